The van der Waals surface area contributed by atoms with Gasteiger partial charge >= 0.3 is 5.97 Å². The molecule has 1 atom stereocenters. The molecule has 0 unspecified atom stereocenters. The van der Waals surface area contributed by atoms with Crippen LogP contribution in [-0.2, 0) is 27.3 Å². The Bertz CT molecular complexity index is 847. The lowest BCUT2D eigenvalue weighted by molar-refractivity contribution is -0.155. The molecule has 0 N–H and O–H groups in total. The van der Waals surface area contributed by atoms with E-state index in [1.54, 1.807) is 36.1 Å². The molecule has 0 bridgehead atoms. The van der Waals surface area contributed by atoms with E-state index in [0.717, 1.165) is 17.5 Å². The fourth-order valence-corrected chi connectivity index (χ4v) is 3.18. The monoisotopic (exact) mass is 369 g/mol. The minimum absolute atomic E-state index is 0.177. The zero-order valence-electron chi connectivity index (χ0n) is 14.5. The molecule has 2 aromatic rings. The smallest absolute Gasteiger partial charge is 0.331 e. The SMILES string of the molecule is C[C@H](OC(=O)/C=C/c1cccc(Cl)c1)C(=O)N1CCc2ccccc2C1. The Morgan fingerprint density at radius 3 is 2.69 bits per heavy atom. The van der Waals surface area contributed by atoms with Gasteiger partial charge < -0.3 is 9.64 Å². The molecule has 0 spiro atoms. The third kappa shape index (κ3) is 4.52. The minimum Gasteiger partial charge on any atom is -0.449 e. The number of rotatable bonds is 4. The number of hydrogen-bond acceptors (Lipinski definition) is 3. The minimum atomic E-state index is -0.822. The van der Waals surface area contributed by atoms with E-state index >= 15 is 0 Å². The number of amides is 1. The first kappa shape index (κ1) is 18.2. The maximum atomic E-state index is 12.6. The molecule has 5 heteroatoms. The Balaban J connectivity index is 1.56. The third-order valence-electron chi connectivity index (χ3n) is 4.34. The number of halogens is 1. The highest BCUT2D eigenvalue weighted by atomic mass is 35.5. The largest absolute Gasteiger partial charge is 0.449 e. The predicted octanol–water partition coefficient (Wildman–Crippen LogP) is 3.87. The van der Waals surface area contributed by atoms with Crippen molar-refractivity contribution < 1.29 is 14.3 Å². The van der Waals surface area contributed by atoms with Crippen molar-refractivity contribution in [3.8, 4) is 0 Å². The van der Waals surface area contributed by atoms with Gasteiger partial charge in [-0.1, -0.05) is 48.0 Å². The van der Waals surface area contributed by atoms with Crippen LogP contribution in [-0.4, -0.2) is 29.4 Å². The van der Waals surface area contributed by atoms with Crippen molar-refractivity contribution in [2.45, 2.75) is 26.0 Å². The van der Waals surface area contributed by atoms with Gasteiger partial charge in [-0.15, -0.1) is 0 Å². The number of benzene rings is 2. The Hall–Kier alpha value is -2.59. The zero-order valence-corrected chi connectivity index (χ0v) is 15.3. The standard InChI is InChI=1S/C21H20ClNO3/c1-15(26-20(24)10-9-16-5-4-8-19(22)13-16)21(25)23-12-11-17-6-2-3-7-18(17)14-23/h2-10,13,15H,11-12,14H2,1H3/b10-9+/t15-/m0/s1. The average Bonchev–Trinajstić information content (AvgIpc) is 2.65. The van der Waals surface area contributed by atoms with Crippen LogP contribution in [0.3, 0.4) is 0 Å². The zero-order chi connectivity index (χ0) is 18.5. The molecule has 0 fully saturated rings. The summed E-state index contributed by atoms with van der Waals surface area (Å²) in [6.07, 6.45) is 2.91. The molecule has 3 rings (SSSR count). The highest BCUT2D eigenvalue weighted by Crippen LogP contribution is 2.19. The van der Waals surface area contributed by atoms with Gasteiger partial charge in [0.25, 0.3) is 5.91 Å². The Morgan fingerprint density at radius 2 is 1.92 bits per heavy atom. The van der Waals surface area contributed by atoms with E-state index in [1.165, 1.54) is 11.6 Å². The summed E-state index contributed by atoms with van der Waals surface area (Å²) in [6, 6.07) is 15.2. The summed E-state index contributed by atoms with van der Waals surface area (Å²) in [7, 11) is 0. The highest BCUT2D eigenvalue weighted by Gasteiger charge is 2.26. The quantitative estimate of drug-likeness (QED) is 0.607. The number of carbonyl (C=O) groups excluding carboxylic acids is 2. The number of fused-ring (bicyclic) bond motifs is 1. The molecule has 1 aliphatic heterocycles. The van der Waals surface area contributed by atoms with Crippen molar-refractivity contribution in [1.82, 2.24) is 4.90 Å². The molecule has 134 valence electrons. The van der Waals surface area contributed by atoms with Crippen LogP contribution in [0.25, 0.3) is 6.08 Å². The van der Waals surface area contributed by atoms with E-state index in [9.17, 15) is 9.59 Å². The molecule has 1 amide bonds. The van der Waals surface area contributed by atoms with Gasteiger partial charge in [0, 0.05) is 24.2 Å². The van der Waals surface area contributed by atoms with Crippen LogP contribution in [0.2, 0.25) is 5.02 Å². The fraction of sp³-hybridized carbons (Fsp3) is 0.238. The first-order valence-corrected chi connectivity index (χ1v) is 8.90. The van der Waals surface area contributed by atoms with Gasteiger partial charge in [-0.25, -0.2) is 4.79 Å². The van der Waals surface area contributed by atoms with Crippen molar-refractivity contribution >= 4 is 29.6 Å². The van der Waals surface area contributed by atoms with Gasteiger partial charge in [-0.2, -0.15) is 0 Å². The van der Waals surface area contributed by atoms with Crippen LogP contribution in [0.15, 0.2) is 54.6 Å². The maximum Gasteiger partial charge on any atom is 0.331 e. The Morgan fingerprint density at radius 1 is 1.15 bits per heavy atom. The third-order valence-corrected chi connectivity index (χ3v) is 4.58. The predicted molar refractivity (Wildman–Crippen MR) is 102 cm³/mol. The molecule has 26 heavy (non-hydrogen) atoms. The maximum absolute atomic E-state index is 12.6. The second kappa shape index (κ2) is 8.19. The van der Waals surface area contributed by atoms with E-state index < -0.39 is 12.1 Å². The molecule has 4 nitrogen and oxygen atoms in total. The Kier molecular flexibility index (Phi) is 5.74. The summed E-state index contributed by atoms with van der Waals surface area (Å²) in [4.78, 5) is 26.3. The fourth-order valence-electron chi connectivity index (χ4n) is 2.98. The summed E-state index contributed by atoms with van der Waals surface area (Å²) in [5, 5.41) is 0.592. The van der Waals surface area contributed by atoms with Crippen molar-refractivity contribution in [2.24, 2.45) is 0 Å². The van der Waals surface area contributed by atoms with E-state index in [2.05, 4.69) is 6.07 Å². The van der Waals surface area contributed by atoms with Crippen LogP contribution >= 0.6 is 11.6 Å². The number of esters is 1. The Labute approximate surface area is 158 Å². The molecule has 1 heterocycles. The molecule has 0 aliphatic carbocycles. The molecule has 1 aliphatic rings. The van der Waals surface area contributed by atoms with E-state index in [4.69, 9.17) is 16.3 Å². The van der Waals surface area contributed by atoms with Crippen molar-refractivity contribution in [1.29, 1.82) is 0 Å². The number of carbonyl (C=O) groups is 2. The highest BCUT2D eigenvalue weighted by molar-refractivity contribution is 6.30. The van der Waals surface area contributed by atoms with Gasteiger partial charge in [0.05, 0.1) is 0 Å². The van der Waals surface area contributed by atoms with Crippen molar-refractivity contribution in [3.05, 3.63) is 76.3 Å². The summed E-state index contributed by atoms with van der Waals surface area (Å²) in [5.74, 6) is -0.729. The molecular weight excluding hydrogens is 350 g/mol. The summed E-state index contributed by atoms with van der Waals surface area (Å²) in [5.41, 5.74) is 3.21. The first-order valence-electron chi connectivity index (χ1n) is 8.53. The molecule has 0 saturated carbocycles. The van der Waals surface area contributed by atoms with Gasteiger partial charge in [-0.3, -0.25) is 4.79 Å². The van der Waals surface area contributed by atoms with Crippen LogP contribution in [0.1, 0.15) is 23.6 Å². The van der Waals surface area contributed by atoms with Crippen LogP contribution in [0.5, 0.6) is 0 Å². The topological polar surface area (TPSA) is 46.6 Å². The second-order valence-electron chi connectivity index (χ2n) is 6.25. The van der Waals surface area contributed by atoms with Gasteiger partial charge in [0.15, 0.2) is 6.10 Å². The molecule has 2 aromatic carbocycles. The summed E-state index contributed by atoms with van der Waals surface area (Å²) < 4.78 is 5.26. The number of hydrogen-bond donors (Lipinski definition) is 0. The lowest BCUT2D eigenvalue weighted by Crippen LogP contribution is -2.42. The first-order chi connectivity index (χ1) is 12.5. The van der Waals surface area contributed by atoms with Crippen molar-refractivity contribution in [3.63, 3.8) is 0 Å². The second-order valence-corrected chi connectivity index (χ2v) is 6.68. The number of nitrogens with zero attached hydrogens (tertiary/aromatic N) is 1. The van der Waals surface area contributed by atoms with Gasteiger partial charge in [-0.05, 0) is 48.2 Å². The molecule has 0 radical (unpaired) electrons. The molecule has 0 saturated heterocycles. The molecule has 0 aromatic heterocycles. The lowest BCUT2D eigenvalue weighted by atomic mass is 9.99. The van der Waals surface area contributed by atoms with Crippen LogP contribution in [0.4, 0.5) is 0 Å². The van der Waals surface area contributed by atoms with Crippen LogP contribution < -0.4 is 0 Å². The van der Waals surface area contributed by atoms with Crippen LogP contribution in [0, 0.1) is 0 Å². The lowest BCUT2D eigenvalue weighted by Gasteiger charge is -2.30. The summed E-state index contributed by atoms with van der Waals surface area (Å²) >= 11 is 5.91. The number of ether oxygens (including phenoxy) is 1. The summed E-state index contributed by atoms with van der Waals surface area (Å²) in [6.45, 7) is 2.79. The molecular formula is C21H20ClNO3. The van der Waals surface area contributed by atoms with Gasteiger partial charge in [0.2, 0.25) is 0 Å². The normalized spacial score (nSPS) is 14.8. The van der Waals surface area contributed by atoms with Crippen molar-refractivity contribution in [2.75, 3.05) is 6.54 Å². The van der Waals surface area contributed by atoms with E-state index in [1.807, 2.05) is 24.3 Å². The average molecular weight is 370 g/mol. The van der Waals surface area contributed by atoms with E-state index in [0.29, 0.717) is 18.1 Å². The van der Waals surface area contributed by atoms with E-state index in [-0.39, 0.29) is 5.91 Å². The van der Waals surface area contributed by atoms with Gasteiger partial charge in [0.1, 0.15) is 0 Å².